The molecule has 3 heterocycles. The number of ether oxygens (including phenoxy) is 2. The fourth-order valence-electron chi connectivity index (χ4n) is 4.44. The van der Waals surface area contributed by atoms with Gasteiger partial charge in [-0.3, -0.25) is 9.36 Å². The average Bonchev–Trinajstić information content (AvgIpc) is 3.47. The van der Waals surface area contributed by atoms with Gasteiger partial charge < -0.3 is 30.9 Å². The van der Waals surface area contributed by atoms with Gasteiger partial charge in [-0.15, -0.1) is 0 Å². The summed E-state index contributed by atoms with van der Waals surface area (Å²) in [6.45, 7) is 2.81. The highest BCUT2D eigenvalue weighted by molar-refractivity contribution is 6.30. The van der Waals surface area contributed by atoms with Crippen molar-refractivity contribution < 1.29 is 19.4 Å². The SMILES string of the molecule is CNC(=O)[C@H]1O[C@@H](n2cnc3c(NCc4cc(Cl)ccc4OCc4cccc(C)c4)ncnc32)[C@H](O)[C@@H]1N. The van der Waals surface area contributed by atoms with Crippen molar-refractivity contribution in [3.8, 4) is 5.75 Å². The molecule has 0 saturated carbocycles. The third-order valence-electron chi connectivity index (χ3n) is 6.41. The summed E-state index contributed by atoms with van der Waals surface area (Å²) in [6, 6.07) is 12.7. The van der Waals surface area contributed by atoms with E-state index in [2.05, 4.69) is 31.7 Å². The van der Waals surface area contributed by atoms with Gasteiger partial charge in [0.1, 0.15) is 24.8 Å². The number of imidazole rings is 1. The summed E-state index contributed by atoms with van der Waals surface area (Å²) in [5, 5.41) is 17.0. The minimum Gasteiger partial charge on any atom is -0.489 e. The van der Waals surface area contributed by atoms with Crippen LogP contribution in [0.15, 0.2) is 55.1 Å². The number of amides is 1. The molecule has 0 spiro atoms. The molecule has 4 atom stereocenters. The van der Waals surface area contributed by atoms with Gasteiger partial charge in [0, 0.05) is 24.2 Å². The van der Waals surface area contributed by atoms with Crippen molar-refractivity contribution >= 4 is 34.5 Å². The number of carbonyl (C=O) groups is 1. The first kappa shape index (κ1) is 25.9. The molecule has 0 bridgehead atoms. The highest BCUT2D eigenvalue weighted by Gasteiger charge is 2.46. The summed E-state index contributed by atoms with van der Waals surface area (Å²) < 4.78 is 13.4. The van der Waals surface area contributed by atoms with Gasteiger partial charge in [-0.05, 0) is 30.7 Å². The molecule has 1 aliphatic heterocycles. The van der Waals surface area contributed by atoms with E-state index in [1.807, 2.05) is 37.3 Å². The summed E-state index contributed by atoms with van der Waals surface area (Å²) in [7, 11) is 1.48. The van der Waals surface area contributed by atoms with Crippen molar-refractivity contribution in [1.29, 1.82) is 0 Å². The van der Waals surface area contributed by atoms with Gasteiger partial charge in [-0.2, -0.15) is 0 Å². The van der Waals surface area contributed by atoms with Crippen LogP contribution in [0.2, 0.25) is 5.02 Å². The maximum atomic E-state index is 12.1. The molecule has 1 saturated heterocycles. The number of likely N-dealkylation sites (N-methyl/N-ethyl adjacent to an activating group) is 1. The number of halogens is 1. The number of nitrogens with zero attached hydrogens (tertiary/aromatic N) is 4. The van der Waals surface area contributed by atoms with Crippen LogP contribution < -0.4 is 21.1 Å². The van der Waals surface area contributed by atoms with E-state index in [0.717, 1.165) is 16.7 Å². The van der Waals surface area contributed by atoms with E-state index < -0.39 is 30.4 Å². The molecule has 12 heteroatoms. The van der Waals surface area contributed by atoms with Crippen LogP contribution in [0, 0.1) is 6.92 Å². The zero-order valence-electron chi connectivity index (χ0n) is 20.8. The lowest BCUT2D eigenvalue weighted by molar-refractivity contribution is -0.134. The topological polar surface area (TPSA) is 149 Å². The number of aryl methyl sites for hydroxylation is 1. The van der Waals surface area contributed by atoms with Gasteiger partial charge in [0.15, 0.2) is 29.3 Å². The van der Waals surface area contributed by atoms with E-state index in [1.165, 1.54) is 19.7 Å². The number of hydrogen-bond donors (Lipinski definition) is 4. The van der Waals surface area contributed by atoms with Crippen molar-refractivity contribution in [2.45, 2.75) is 44.6 Å². The number of rotatable bonds is 8. The number of nitrogens with two attached hydrogens (primary N) is 1. The molecule has 198 valence electrons. The smallest absolute Gasteiger partial charge is 0.250 e. The molecule has 1 aliphatic rings. The molecule has 0 unspecified atom stereocenters. The minimum absolute atomic E-state index is 0.356. The molecule has 1 fully saturated rings. The lowest BCUT2D eigenvalue weighted by atomic mass is 10.1. The second kappa shape index (κ2) is 10.9. The molecule has 0 radical (unpaired) electrons. The molecule has 11 nitrogen and oxygen atoms in total. The number of anilines is 1. The lowest BCUT2D eigenvalue weighted by Gasteiger charge is -2.17. The molecule has 38 heavy (non-hydrogen) atoms. The van der Waals surface area contributed by atoms with E-state index in [1.54, 1.807) is 10.6 Å². The Hall–Kier alpha value is -3.77. The Kier molecular flexibility index (Phi) is 7.43. The van der Waals surface area contributed by atoms with Crippen LogP contribution in [0.3, 0.4) is 0 Å². The number of fused-ring (bicyclic) bond motifs is 1. The standard InChI is InChI=1S/C26H28ClN7O4/c1-14-4-3-5-15(8-14)11-37-18-7-6-17(27)9-16(18)10-30-23-20-24(32-12-31-23)34(13-33-20)26-21(35)19(28)22(38-26)25(36)29-2/h3-9,12-13,19,21-22,26,35H,10-11,28H2,1-2H3,(H,29,36)(H,30,31,32)/t19-,21+,22-,26+/m0/s1. The van der Waals surface area contributed by atoms with Crippen LogP contribution in [0.1, 0.15) is 22.9 Å². The molecular weight excluding hydrogens is 510 g/mol. The third kappa shape index (κ3) is 5.14. The molecular formula is C26H28ClN7O4. The number of carbonyl (C=O) groups excluding carboxylic acids is 1. The molecule has 1 amide bonds. The fourth-order valence-corrected chi connectivity index (χ4v) is 4.63. The van der Waals surface area contributed by atoms with E-state index in [0.29, 0.717) is 40.9 Å². The highest BCUT2D eigenvalue weighted by Crippen LogP contribution is 2.32. The van der Waals surface area contributed by atoms with E-state index in [9.17, 15) is 9.90 Å². The predicted octanol–water partition coefficient (Wildman–Crippen LogP) is 2.31. The number of benzene rings is 2. The predicted molar refractivity (Wildman–Crippen MR) is 142 cm³/mol. The largest absolute Gasteiger partial charge is 0.489 e. The number of aliphatic hydroxyl groups excluding tert-OH is 1. The average molecular weight is 538 g/mol. The number of aliphatic hydroxyl groups is 1. The monoisotopic (exact) mass is 537 g/mol. The van der Waals surface area contributed by atoms with E-state index in [4.69, 9.17) is 26.8 Å². The van der Waals surface area contributed by atoms with Crippen LogP contribution in [-0.4, -0.2) is 55.8 Å². The second-order valence-corrected chi connectivity index (χ2v) is 9.50. The quantitative estimate of drug-likeness (QED) is 0.265. The molecule has 2 aromatic carbocycles. The maximum Gasteiger partial charge on any atom is 0.250 e. The molecule has 5 rings (SSSR count). The van der Waals surface area contributed by atoms with Gasteiger partial charge in [0.05, 0.1) is 12.4 Å². The normalized spacial score (nSPS) is 21.0. The van der Waals surface area contributed by atoms with Crippen molar-refractivity contribution in [2.24, 2.45) is 5.73 Å². The Morgan fingerprint density at radius 2 is 2.08 bits per heavy atom. The molecule has 0 aliphatic carbocycles. The van der Waals surface area contributed by atoms with Crippen molar-refractivity contribution in [2.75, 3.05) is 12.4 Å². The maximum absolute atomic E-state index is 12.1. The highest BCUT2D eigenvalue weighted by atomic mass is 35.5. The molecule has 4 aromatic rings. The van der Waals surface area contributed by atoms with Crippen molar-refractivity contribution in [3.63, 3.8) is 0 Å². The summed E-state index contributed by atoms with van der Waals surface area (Å²) >= 11 is 6.28. The number of hydrogen-bond acceptors (Lipinski definition) is 9. The van der Waals surface area contributed by atoms with Gasteiger partial charge in [-0.25, -0.2) is 15.0 Å². The zero-order valence-corrected chi connectivity index (χ0v) is 21.6. The zero-order chi connectivity index (χ0) is 26.8. The minimum atomic E-state index is -1.14. The summed E-state index contributed by atoms with van der Waals surface area (Å²) in [5.74, 6) is 0.747. The Balaban J connectivity index is 1.35. The Morgan fingerprint density at radius 3 is 2.87 bits per heavy atom. The fraction of sp³-hybridized carbons (Fsp3) is 0.308. The first-order valence-corrected chi connectivity index (χ1v) is 12.4. The van der Waals surface area contributed by atoms with Crippen molar-refractivity contribution in [3.05, 3.63) is 76.8 Å². The number of nitrogens with one attached hydrogen (secondary N) is 2. The van der Waals surface area contributed by atoms with Gasteiger partial charge in [-0.1, -0.05) is 41.4 Å². The van der Waals surface area contributed by atoms with Gasteiger partial charge >= 0.3 is 0 Å². The number of aromatic nitrogens is 4. The Labute approximate surface area is 224 Å². The summed E-state index contributed by atoms with van der Waals surface area (Å²) in [6.07, 6.45) is -0.214. The second-order valence-electron chi connectivity index (χ2n) is 9.06. The Bertz CT molecular complexity index is 1460. The van der Waals surface area contributed by atoms with Crippen LogP contribution >= 0.6 is 11.6 Å². The van der Waals surface area contributed by atoms with Crippen LogP contribution in [0.5, 0.6) is 5.75 Å². The first-order chi connectivity index (χ1) is 18.4. The van der Waals surface area contributed by atoms with Gasteiger partial charge in [0.2, 0.25) is 0 Å². The van der Waals surface area contributed by atoms with Crippen molar-refractivity contribution in [1.82, 2.24) is 24.8 Å². The molecule has 2 aromatic heterocycles. The lowest BCUT2D eigenvalue weighted by Crippen LogP contribution is -2.46. The van der Waals surface area contributed by atoms with E-state index in [-0.39, 0.29) is 0 Å². The first-order valence-electron chi connectivity index (χ1n) is 12.0. The summed E-state index contributed by atoms with van der Waals surface area (Å²) in [5.41, 5.74) is 9.99. The Morgan fingerprint density at radius 1 is 1.24 bits per heavy atom. The summed E-state index contributed by atoms with van der Waals surface area (Å²) in [4.78, 5) is 25.2. The van der Waals surface area contributed by atoms with E-state index >= 15 is 0 Å². The van der Waals surface area contributed by atoms with Crippen LogP contribution in [-0.2, 0) is 22.7 Å². The van der Waals surface area contributed by atoms with Crippen LogP contribution in [0.25, 0.3) is 11.2 Å². The van der Waals surface area contributed by atoms with Crippen LogP contribution in [0.4, 0.5) is 5.82 Å². The van der Waals surface area contributed by atoms with Gasteiger partial charge in [0.25, 0.3) is 5.91 Å². The molecule has 5 N–H and O–H groups in total. The third-order valence-corrected chi connectivity index (χ3v) is 6.64.